The lowest BCUT2D eigenvalue weighted by Crippen LogP contribution is -2.36. The van der Waals surface area contributed by atoms with Gasteiger partial charge in [-0.05, 0) is 12.1 Å². The van der Waals surface area contributed by atoms with E-state index in [0.717, 1.165) is 17.1 Å². The fourth-order valence-corrected chi connectivity index (χ4v) is 2.56. The number of oxazole rings is 1. The third-order valence-electron chi connectivity index (χ3n) is 3.83. The number of rotatable bonds is 4. The van der Waals surface area contributed by atoms with Gasteiger partial charge in [-0.2, -0.15) is 0 Å². The Labute approximate surface area is 180 Å². The molecule has 3 heterocycles. The standard InChI is InChI=1S/C18H23ClN6O.HI/c1-18(2,3)14-8-21-16(26-14)9-23-17(20-4)22-7-13-11-25-10-12(19)5-6-15(25)24-13;/h5-6,8,10-11H,7,9H2,1-4H3,(H2,20,22,23);1H. The summed E-state index contributed by atoms with van der Waals surface area (Å²) in [6.07, 6.45) is 5.54. The maximum atomic E-state index is 6.00. The molecule has 0 unspecified atom stereocenters. The van der Waals surface area contributed by atoms with Crippen molar-refractivity contribution in [2.24, 2.45) is 4.99 Å². The number of guanidine groups is 1. The van der Waals surface area contributed by atoms with Crippen molar-refractivity contribution in [2.75, 3.05) is 7.05 Å². The van der Waals surface area contributed by atoms with E-state index in [0.29, 0.717) is 30.0 Å². The van der Waals surface area contributed by atoms with Crippen LogP contribution in [0, 0.1) is 0 Å². The molecule has 9 heteroatoms. The Balaban J connectivity index is 0.00000261. The number of imidazole rings is 1. The maximum absolute atomic E-state index is 6.00. The zero-order valence-corrected chi connectivity index (χ0v) is 18.9. The summed E-state index contributed by atoms with van der Waals surface area (Å²) >= 11 is 6.00. The number of pyridine rings is 1. The Bertz CT molecular complexity index is 927. The quantitative estimate of drug-likeness (QED) is 0.323. The third-order valence-corrected chi connectivity index (χ3v) is 4.05. The summed E-state index contributed by atoms with van der Waals surface area (Å²) in [5, 5.41) is 7.09. The van der Waals surface area contributed by atoms with Gasteiger partial charge in [0.05, 0.1) is 30.0 Å². The summed E-state index contributed by atoms with van der Waals surface area (Å²) in [7, 11) is 1.72. The van der Waals surface area contributed by atoms with Crippen molar-refractivity contribution in [2.45, 2.75) is 39.3 Å². The molecule has 0 atom stereocenters. The largest absolute Gasteiger partial charge is 0.443 e. The predicted octanol–water partition coefficient (Wildman–Crippen LogP) is 3.76. The average Bonchev–Trinajstić information content (AvgIpc) is 3.20. The van der Waals surface area contributed by atoms with Crippen molar-refractivity contribution in [1.82, 2.24) is 25.0 Å². The number of aromatic nitrogens is 3. The SMILES string of the molecule is CN=C(NCc1cn2cc(Cl)ccc2n1)NCc1ncc(C(C)(C)C)o1.I. The fraction of sp³-hybridized carbons (Fsp3) is 0.389. The van der Waals surface area contributed by atoms with Crippen molar-refractivity contribution in [3.63, 3.8) is 0 Å². The first-order valence-electron chi connectivity index (χ1n) is 8.38. The van der Waals surface area contributed by atoms with Gasteiger partial charge in [-0.3, -0.25) is 4.99 Å². The van der Waals surface area contributed by atoms with Crippen LogP contribution in [0.1, 0.15) is 38.1 Å². The highest BCUT2D eigenvalue weighted by Gasteiger charge is 2.19. The maximum Gasteiger partial charge on any atom is 0.213 e. The molecule has 146 valence electrons. The summed E-state index contributed by atoms with van der Waals surface area (Å²) in [6.45, 7) is 7.27. The third kappa shape index (κ3) is 5.58. The highest BCUT2D eigenvalue weighted by molar-refractivity contribution is 14.0. The van der Waals surface area contributed by atoms with Crippen molar-refractivity contribution >= 4 is 47.2 Å². The normalized spacial score (nSPS) is 12.1. The van der Waals surface area contributed by atoms with Gasteiger partial charge in [-0.25, -0.2) is 9.97 Å². The predicted molar refractivity (Wildman–Crippen MR) is 118 cm³/mol. The van der Waals surface area contributed by atoms with E-state index < -0.39 is 0 Å². The Morgan fingerprint density at radius 1 is 1.22 bits per heavy atom. The Morgan fingerprint density at radius 2 is 1.96 bits per heavy atom. The summed E-state index contributed by atoms with van der Waals surface area (Å²) in [6, 6.07) is 3.71. The molecule has 0 aliphatic carbocycles. The van der Waals surface area contributed by atoms with Gasteiger partial charge >= 0.3 is 0 Å². The number of hydrogen-bond acceptors (Lipinski definition) is 4. The Kier molecular flexibility index (Phi) is 7.10. The molecule has 0 saturated carbocycles. The second-order valence-electron chi connectivity index (χ2n) is 6.99. The monoisotopic (exact) mass is 502 g/mol. The number of nitrogens with one attached hydrogen (secondary N) is 2. The molecule has 27 heavy (non-hydrogen) atoms. The molecule has 2 N–H and O–H groups in total. The van der Waals surface area contributed by atoms with Crippen LogP contribution in [0.5, 0.6) is 0 Å². The van der Waals surface area contributed by atoms with Gasteiger partial charge in [0.15, 0.2) is 5.96 Å². The molecule has 0 fully saturated rings. The first-order chi connectivity index (χ1) is 12.3. The molecular formula is C18H24ClIN6O. The van der Waals surface area contributed by atoms with E-state index in [1.165, 1.54) is 0 Å². The van der Waals surface area contributed by atoms with E-state index in [2.05, 4.69) is 46.4 Å². The summed E-state index contributed by atoms with van der Waals surface area (Å²) < 4.78 is 7.67. The first-order valence-corrected chi connectivity index (χ1v) is 8.76. The minimum absolute atomic E-state index is 0. The van der Waals surface area contributed by atoms with E-state index >= 15 is 0 Å². The molecule has 7 nitrogen and oxygen atoms in total. The van der Waals surface area contributed by atoms with Crippen LogP contribution in [0.3, 0.4) is 0 Å². The van der Waals surface area contributed by atoms with Crippen molar-refractivity contribution in [1.29, 1.82) is 0 Å². The lowest BCUT2D eigenvalue weighted by Gasteiger charge is -2.13. The van der Waals surface area contributed by atoms with Gasteiger partial charge in [0, 0.05) is 24.9 Å². The molecule has 0 aliphatic rings. The second-order valence-corrected chi connectivity index (χ2v) is 7.43. The van der Waals surface area contributed by atoms with Gasteiger partial charge in [0.2, 0.25) is 5.89 Å². The molecule has 0 aliphatic heterocycles. The lowest BCUT2D eigenvalue weighted by molar-refractivity contribution is 0.379. The summed E-state index contributed by atoms with van der Waals surface area (Å²) in [4.78, 5) is 13.1. The smallest absolute Gasteiger partial charge is 0.213 e. The number of halogens is 2. The minimum Gasteiger partial charge on any atom is -0.443 e. The van der Waals surface area contributed by atoms with E-state index in [-0.39, 0.29) is 29.4 Å². The fourth-order valence-electron chi connectivity index (χ4n) is 2.40. The lowest BCUT2D eigenvalue weighted by atomic mass is 9.94. The van der Waals surface area contributed by atoms with E-state index in [4.69, 9.17) is 16.0 Å². The van der Waals surface area contributed by atoms with Crippen LogP contribution in [0.2, 0.25) is 5.02 Å². The average molecular weight is 503 g/mol. The zero-order chi connectivity index (χ0) is 18.7. The molecule has 0 saturated heterocycles. The van der Waals surface area contributed by atoms with E-state index in [1.54, 1.807) is 13.2 Å². The van der Waals surface area contributed by atoms with Gasteiger partial charge in [0.25, 0.3) is 0 Å². The van der Waals surface area contributed by atoms with Crippen LogP contribution in [0.4, 0.5) is 0 Å². The van der Waals surface area contributed by atoms with E-state index in [9.17, 15) is 0 Å². The van der Waals surface area contributed by atoms with Crippen LogP contribution in [-0.2, 0) is 18.5 Å². The van der Waals surface area contributed by atoms with Gasteiger partial charge < -0.3 is 19.5 Å². The van der Waals surface area contributed by atoms with Crippen LogP contribution >= 0.6 is 35.6 Å². The van der Waals surface area contributed by atoms with Crippen molar-refractivity contribution in [3.05, 3.63) is 53.1 Å². The van der Waals surface area contributed by atoms with Gasteiger partial charge in [0.1, 0.15) is 11.4 Å². The molecule has 0 bridgehead atoms. The highest BCUT2D eigenvalue weighted by atomic mass is 127. The summed E-state index contributed by atoms with van der Waals surface area (Å²) in [5.74, 6) is 2.14. The molecule has 0 radical (unpaired) electrons. The molecule has 3 aromatic rings. The zero-order valence-electron chi connectivity index (χ0n) is 15.8. The minimum atomic E-state index is -0.0583. The molecule has 0 aromatic carbocycles. The van der Waals surface area contributed by atoms with E-state index in [1.807, 2.05) is 28.9 Å². The first kappa shape index (κ1) is 21.5. The number of hydrogen-bond donors (Lipinski definition) is 2. The van der Waals surface area contributed by atoms with Gasteiger partial charge in [-0.15, -0.1) is 24.0 Å². The topological polar surface area (TPSA) is 79.8 Å². The van der Waals surface area contributed by atoms with Crippen LogP contribution < -0.4 is 10.6 Å². The Morgan fingerprint density at radius 3 is 2.63 bits per heavy atom. The molecule has 0 amide bonds. The number of nitrogens with zero attached hydrogens (tertiary/aromatic N) is 4. The molecule has 0 spiro atoms. The highest BCUT2D eigenvalue weighted by Crippen LogP contribution is 2.22. The summed E-state index contributed by atoms with van der Waals surface area (Å²) in [5.41, 5.74) is 1.68. The number of aliphatic imine (C=N–C) groups is 1. The van der Waals surface area contributed by atoms with Crippen LogP contribution in [0.15, 0.2) is 40.1 Å². The second kappa shape index (κ2) is 8.92. The van der Waals surface area contributed by atoms with Crippen molar-refractivity contribution in [3.8, 4) is 0 Å². The van der Waals surface area contributed by atoms with Crippen LogP contribution in [-0.4, -0.2) is 27.4 Å². The van der Waals surface area contributed by atoms with Crippen molar-refractivity contribution < 1.29 is 4.42 Å². The van der Waals surface area contributed by atoms with Crippen LogP contribution in [0.25, 0.3) is 5.65 Å². The number of fused-ring (bicyclic) bond motifs is 1. The van der Waals surface area contributed by atoms with Gasteiger partial charge in [-0.1, -0.05) is 32.4 Å². The Hall–Kier alpha value is -1.81. The molecule has 3 rings (SSSR count). The molecular weight excluding hydrogens is 479 g/mol. The molecule has 3 aromatic heterocycles.